The Labute approximate surface area is 142 Å². The fourth-order valence-electron chi connectivity index (χ4n) is 2.75. The maximum Gasteiger partial charge on any atom is 0.234 e. The van der Waals surface area contributed by atoms with Crippen LogP contribution in [0.2, 0.25) is 5.02 Å². The predicted octanol–water partition coefficient (Wildman–Crippen LogP) is 2.33. The number of rotatable bonds is 3. The van der Waals surface area contributed by atoms with Gasteiger partial charge in [0.05, 0.1) is 11.5 Å². The normalized spacial score (nSPS) is 20.3. The summed E-state index contributed by atoms with van der Waals surface area (Å²) in [7, 11) is -2.92. The molecule has 0 aliphatic carbocycles. The maximum atomic E-state index is 11.6. The molecule has 9 heteroatoms. The van der Waals surface area contributed by atoms with E-state index in [9.17, 15) is 8.42 Å². The van der Waals surface area contributed by atoms with Gasteiger partial charge in [0.2, 0.25) is 4.96 Å². The van der Waals surface area contributed by atoms with Crippen LogP contribution in [0.25, 0.3) is 4.96 Å². The highest BCUT2D eigenvalue weighted by molar-refractivity contribution is 7.91. The molecule has 2 aromatic heterocycles. The van der Waals surface area contributed by atoms with Crippen LogP contribution in [0.15, 0.2) is 24.3 Å². The summed E-state index contributed by atoms with van der Waals surface area (Å²) in [6, 6.07) is 7.59. The molecule has 0 N–H and O–H groups in total. The molecule has 1 saturated heterocycles. The first kappa shape index (κ1) is 15.0. The molecule has 0 spiro atoms. The highest BCUT2D eigenvalue weighted by Gasteiger charge is 2.32. The van der Waals surface area contributed by atoms with Gasteiger partial charge < -0.3 is 0 Å². The first-order valence-electron chi connectivity index (χ1n) is 7.17. The van der Waals surface area contributed by atoms with Crippen molar-refractivity contribution in [2.45, 2.75) is 18.8 Å². The smallest absolute Gasteiger partial charge is 0.229 e. The van der Waals surface area contributed by atoms with Crippen molar-refractivity contribution in [3.63, 3.8) is 0 Å². The van der Waals surface area contributed by atoms with Crippen molar-refractivity contribution < 1.29 is 8.42 Å². The molecule has 0 bridgehead atoms. The third-order valence-electron chi connectivity index (χ3n) is 3.96. The van der Waals surface area contributed by atoms with E-state index >= 15 is 0 Å². The Balaban J connectivity index is 1.66. The molecule has 3 aromatic rings. The Morgan fingerprint density at radius 2 is 2.13 bits per heavy atom. The molecular weight excluding hydrogens is 356 g/mol. The number of hydrogen-bond donors (Lipinski definition) is 0. The zero-order chi connectivity index (χ0) is 16.0. The summed E-state index contributed by atoms with van der Waals surface area (Å²) in [5.41, 5.74) is 0.960. The number of hydrogen-bond acceptors (Lipinski definition) is 6. The summed E-state index contributed by atoms with van der Waals surface area (Å²) < 4.78 is 25.0. The van der Waals surface area contributed by atoms with Gasteiger partial charge in [0, 0.05) is 17.4 Å². The molecule has 0 amide bonds. The first-order valence-corrected chi connectivity index (χ1v) is 10.2. The molecule has 1 fully saturated rings. The van der Waals surface area contributed by atoms with Crippen LogP contribution < -0.4 is 0 Å². The van der Waals surface area contributed by atoms with Crippen molar-refractivity contribution in [3.05, 3.63) is 45.7 Å². The van der Waals surface area contributed by atoms with Gasteiger partial charge in [-0.1, -0.05) is 41.1 Å². The van der Waals surface area contributed by atoms with E-state index in [4.69, 9.17) is 11.6 Å². The second-order valence-electron chi connectivity index (χ2n) is 5.62. The van der Waals surface area contributed by atoms with E-state index < -0.39 is 9.84 Å². The third kappa shape index (κ3) is 2.86. The van der Waals surface area contributed by atoms with Crippen LogP contribution in [0, 0.1) is 0 Å². The zero-order valence-corrected chi connectivity index (χ0v) is 14.4. The number of aromatic nitrogens is 4. The van der Waals surface area contributed by atoms with Crippen LogP contribution in [-0.4, -0.2) is 39.7 Å². The topological polar surface area (TPSA) is 77.2 Å². The van der Waals surface area contributed by atoms with Gasteiger partial charge in [-0.15, -0.1) is 10.2 Å². The second kappa shape index (κ2) is 5.54. The quantitative estimate of drug-likeness (QED) is 0.709. The molecule has 0 radical (unpaired) electrons. The van der Waals surface area contributed by atoms with Gasteiger partial charge in [0.25, 0.3) is 0 Å². The van der Waals surface area contributed by atoms with E-state index in [0.717, 1.165) is 10.6 Å². The number of benzene rings is 1. The van der Waals surface area contributed by atoms with Crippen molar-refractivity contribution in [2.75, 3.05) is 11.5 Å². The Morgan fingerprint density at radius 3 is 2.87 bits per heavy atom. The lowest BCUT2D eigenvalue weighted by Gasteiger charge is -2.02. The number of halogens is 1. The van der Waals surface area contributed by atoms with Crippen molar-refractivity contribution in [1.82, 2.24) is 19.8 Å². The van der Waals surface area contributed by atoms with Gasteiger partial charge in [0.1, 0.15) is 5.01 Å². The fraction of sp³-hybridized carbons (Fsp3) is 0.357. The standard InChI is InChI=1S/C14H13ClN4O2S2/c15-11-4-2-1-3-9(11)7-12-16-17-14-19(12)18-13(22-14)10-5-6-23(20,21)8-10/h1-4,10H,5-8H2/t10-/m1/s1. The van der Waals surface area contributed by atoms with Crippen molar-refractivity contribution >= 4 is 37.7 Å². The van der Waals surface area contributed by atoms with E-state index in [1.165, 1.54) is 11.3 Å². The molecular formula is C14H13ClN4O2S2. The minimum Gasteiger partial charge on any atom is -0.229 e. The summed E-state index contributed by atoms with van der Waals surface area (Å²) in [5.74, 6) is 1.10. The zero-order valence-electron chi connectivity index (χ0n) is 12.0. The highest BCUT2D eigenvalue weighted by Crippen LogP contribution is 2.32. The highest BCUT2D eigenvalue weighted by atomic mass is 35.5. The molecule has 1 atom stereocenters. The molecule has 3 heterocycles. The van der Waals surface area contributed by atoms with Gasteiger partial charge >= 0.3 is 0 Å². The van der Waals surface area contributed by atoms with E-state index in [2.05, 4.69) is 15.3 Å². The van der Waals surface area contributed by atoms with Gasteiger partial charge in [-0.25, -0.2) is 8.42 Å². The Morgan fingerprint density at radius 1 is 1.30 bits per heavy atom. The summed E-state index contributed by atoms with van der Waals surface area (Å²) >= 11 is 7.60. The van der Waals surface area contributed by atoms with E-state index in [1.54, 1.807) is 4.52 Å². The lowest BCUT2D eigenvalue weighted by molar-refractivity contribution is 0.601. The van der Waals surface area contributed by atoms with Gasteiger partial charge in [-0.3, -0.25) is 0 Å². The van der Waals surface area contributed by atoms with Crippen molar-refractivity contribution in [2.24, 2.45) is 0 Å². The van der Waals surface area contributed by atoms with Gasteiger partial charge in [-0.2, -0.15) is 9.61 Å². The largest absolute Gasteiger partial charge is 0.234 e. The third-order valence-corrected chi connectivity index (χ3v) is 7.16. The Bertz CT molecular complexity index is 980. The molecule has 120 valence electrons. The van der Waals surface area contributed by atoms with Crippen molar-refractivity contribution in [1.29, 1.82) is 0 Å². The molecule has 0 saturated carbocycles. The SMILES string of the molecule is O=S1(=O)CC[C@@H](c2nn3c(Cc4ccccc4Cl)nnc3s2)C1. The second-order valence-corrected chi connectivity index (χ2v) is 9.24. The van der Waals surface area contributed by atoms with Crippen LogP contribution >= 0.6 is 22.9 Å². The minimum atomic E-state index is -2.92. The lowest BCUT2D eigenvalue weighted by Crippen LogP contribution is -2.05. The first-order chi connectivity index (χ1) is 11.0. The molecule has 6 nitrogen and oxygen atoms in total. The van der Waals surface area contributed by atoms with Crippen LogP contribution in [0.3, 0.4) is 0 Å². The van der Waals surface area contributed by atoms with Crippen molar-refractivity contribution in [3.8, 4) is 0 Å². The van der Waals surface area contributed by atoms with Gasteiger partial charge in [0.15, 0.2) is 15.7 Å². The molecule has 1 aliphatic rings. The van der Waals surface area contributed by atoms with E-state index in [-0.39, 0.29) is 17.4 Å². The maximum absolute atomic E-state index is 11.6. The number of nitrogens with zero attached hydrogens (tertiary/aromatic N) is 4. The average Bonchev–Trinajstić information content (AvgIpc) is 3.16. The summed E-state index contributed by atoms with van der Waals surface area (Å²) in [5, 5.41) is 14.4. The number of fused-ring (bicyclic) bond motifs is 1. The molecule has 0 unspecified atom stereocenters. The summed E-state index contributed by atoms with van der Waals surface area (Å²) in [6.07, 6.45) is 1.17. The van der Waals surface area contributed by atoms with Crippen LogP contribution in [0.4, 0.5) is 0 Å². The summed E-state index contributed by atoms with van der Waals surface area (Å²) in [4.78, 5) is 0.686. The predicted molar refractivity (Wildman–Crippen MR) is 88.9 cm³/mol. The Hall–Kier alpha value is -1.51. The number of sulfone groups is 1. The summed E-state index contributed by atoms with van der Waals surface area (Å²) in [6.45, 7) is 0. The Kier molecular flexibility index (Phi) is 3.62. The van der Waals surface area contributed by atoms with Crippen LogP contribution in [-0.2, 0) is 16.3 Å². The fourth-order valence-corrected chi connectivity index (χ4v) is 5.80. The van der Waals surface area contributed by atoms with Crippen LogP contribution in [0.5, 0.6) is 0 Å². The molecule has 4 rings (SSSR count). The molecule has 1 aromatic carbocycles. The monoisotopic (exact) mass is 368 g/mol. The van der Waals surface area contributed by atoms with Crippen LogP contribution in [0.1, 0.15) is 28.7 Å². The molecule has 23 heavy (non-hydrogen) atoms. The average molecular weight is 369 g/mol. The van der Waals surface area contributed by atoms with E-state index in [0.29, 0.717) is 28.6 Å². The lowest BCUT2D eigenvalue weighted by atomic mass is 10.1. The molecule has 1 aliphatic heterocycles. The van der Waals surface area contributed by atoms with E-state index in [1.807, 2.05) is 24.3 Å². The van der Waals surface area contributed by atoms with Gasteiger partial charge in [-0.05, 0) is 18.1 Å². The minimum absolute atomic E-state index is 0.0279.